The van der Waals surface area contributed by atoms with Crippen molar-refractivity contribution in [3.63, 3.8) is 0 Å². The molecule has 1 aliphatic rings. The minimum Gasteiger partial charge on any atom is -0.380 e. The van der Waals surface area contributed by atoms with Crippen molar-refractivity contribution in [1.29, 1.82) is 0 Å². The highest BCUT2D eigenvalue weighted by Gasteiger charge is 2.23. The van der Waals surface area contributed by atoms with E-state index in [1.54, 1.807) is 0 Å². The number of anilines is 3. The molecule has 0 amide bonds. The van der Waals surface area contributed by atoms with Crippen molar-refractivity contribution in [2.24, 2.45) is 5.92 Å². The van der Waals surface area contributed by atoms with Crippen LogP contribution in [0.1, 0.15) is 45.6 Å². The van der Waals surface area contributed by atoms with Crippen LogP contribution in [0.5, 0.6) is 0 Å². The lowest BCUT2D eigenvalue weighted by atomic mass is 9.85. The van der Waals surface area contributed by atoms with E-state index in [0.29, 0.717) is 17.3 Å². The molecule has 1 fully saturated rings. The summed E-state index contributed by atoms with van der Waals surface area (Å²) in [4.78, 5) is 23.6. The van der Waals surface area contributed by atoms with Crippen LogP contribution in [0, 0.1) is 5.92 Å². The fraction of sp³-hybridized carbons (Fsp3) is 0.474. The molecule has 122 valence electrons. The van der Waals surface area contributed by atoms with Crippen LogP contribution in [0.3, 0.4) is 0 Å². The normalized spacial score (nSPS) is 15.4. The summed E-state index contributed by atoms with van der Waals surface area (Å²) in [6, 6.07) is 8.01. The number of hydrogen-bond acceptors (Lipinski definition) is 4. The van der Waals surface area contributed by atoms with Gasteiger partial charge in [0.15, 0.2) is 0 Å². The highest BCUT2D eigenvalue weighted by Crippen LogP contribution is 2.28. The fourth-order valence-corrected chi connectivity index (χ4v) is 2.82. The molecule has 3 rings (SSSR count). The lowest BCUT2D eigenvalue weighted by Crippen LogP contribution is -2.38. The highest BCUT2D eigenvalue weighted by molar-refractivity contribution is 5.78. The first-order valence-electron chi connectivity index (χ1n) is 8.31. The van der Waals surface area contributed by atoms with Gasteiger partial charge in [-0.25, -0.2) is 0 Å². The van der Waals surface area contributed by atoms with Crippen molar-refractivity contribution in [1.82, 2.24) is 0 Å². The molecule has 1 saturated carbocycles. The van der Waals surface area contributed by atoms with E-state index in [0.717, 1.165) is 12.2 Å². The first-order valence-corrected chi connectivity index (χ1v) is 8.31. The van der Waals surface area contributed by atoms with E-state index in [9.17, 15) is 9.59 Å². The Bertz CT molecular complexity index is 758. The zero-order valence-electron chi connectivity index (χ0n) is 14.0. The van der Waals surface area contributed by atoms with Crippen molar-refractivity contribution in [3.8, 4) is 0 Å². The highest BCUT2D eigenvalue weighted by atomic mass is 16.2. The van der Waals surface area contributed by atoms with Crippen LogP contribution in [0.15, 0.2) is 33.9 Å². The van der Waals surface area contributed by atoms with Gasteiger partial charge in [-0.1, -0.05) is 39.3 Å². The van der Waals surface area contributed by atoms with Crippen LogP contribution in [-0.2, 0) is 5.41 Å². The quantitative estimate of drug-likeness (QED) is 0.829. The minimum atomic E-state index is -0.430. The molecule has 2 aromatic rings. The van der Waals surface area contributed by atoms with Crippen molar-refractivity contribution in [2.75, 3.05) is 17.2 Å². The molecule has 4 nitrogen and oxygen atoms in total. The standard InChI is InChI=1S/C19H24N2O2/c1-19(2,3)13-7-9-14(10-8-13)21-16-15(17(22)18(16)23)20-11-12-5-4-6-12/h7-10,12,20-21H,4-6,11H2,1-3H3. The Hall–Kier alpha value is -2.10. The van der Waals surface area contributed by atoms with E-state index in [1.165, 1.54) is 24.8 Å². The largest absolute Gasteiger partial charge is 0.380 e. The average molecular weight is 312 g/mol. The lowest BCUT2D eigenvalue weighted by molar-refractivity contribution is 0.333. The van der Waals surface area contributed by atoms with Crippen LogP contribution in [-0.4, -0.2) is 6.54 Å². The van der Waals surface area contributed by atoms with Crippen molar-refractivity contribution >= 4 is 17.1 Å². The summed E-state index contributed by atoms with van der Waals surface area (Å²) in [5.41, 5.74) is 2.17. The van der Waals surface area contributed by atoms with Crippen LogP contribution < -0.4 is 21.5 Å². The fourth-order valence-electron chi connectivity index (χ4n) is 2.82. The average Bonchev–Trinajstić information content (AvgIpc) is 2.47. The topological polar surface area (TPSA) is 58.2 Å². The van der Waals surface area contributed by atoms with E-state index in [1.807, 2.05) is 12.1 Å². The van der Waals surface area contributed by atoms with Gasteiger partial charge in [-0.3, -0.25) is 9.59 Å². The molecule has 0 aromatic heterocycles. The molecule has 0 heterocycles. The van der Waals surface area contributed by atoms with Crippen LogP contribution >= 0.6 is 0 Å². The van der Waals surface area contributed by atoms with Gasteiger partial charge in [0.2, 0.25) is 0 Å². The smallest absolute Gasteiger partial charge is 0.253 e. The van der Waals surface area contributed by atoms with Crippen molar-refractivity contribution < 1.29 is 0 Å². The Balaban J connectivity index is 1.71. The first-order chi connectivity index (χ1) is 10.9. The monoisotopic (exact) mass is 312 g/mol. The third-order valence-corrected chi connectivity index (χ3v) is 4.72. The molecule has 23 heavy (non-hydrogen) atoms. The van der Waals surface area contributed by atoms with E-state index in [4.69, 9.17) is 0 Å². The second-order valence-electron chi connectivity index (χ2n) is 7.54. The summed E-state index contributed by atoms with van der Waals surface area (Å²) in [6.07, 6.45) is 3.68. The summed E-state index contributed by atoms with van der Waals surface area (Å²) in [5, 5.41) is 6.25. The summed E-state index contributed by atoms with van der Waals surface area (Å²) in [6.45, 7) is 7.26. The van der Waals surface area contributed by atoms with Gasteiger partial charge in [0.1, 0.15) is 11.4 Å². The Morgan fingerprint density at radius 1 is 1.00 bits per heavy atom. The van der Waals surface area contributed by atoms with Gasteiger partial charge in [0, 0.05) is 12.2 Å². The Kier molecular flexibility index (Phi) is 4.00. The molecule has 0 unspecified atom stereocenters. The molecule has 0 saturated heterocycles. The molecule has 1 aliphatic carbocycles. The summed E-state index contributed by atoms with van der Waals surface area (Å²) in [5.74, 6) is 0.637. The zero-order valence-corrected chi connectivity index (χ0v) is 14.0. The number of hydrogen-bond donors (Lipinski definition) is 2. The summed E-state index contributed by atoms with van der Waals surface area (Å²) >= 11 is 0. The van der Waals surface area contributed by atoms with Crippen molar-refractivity contribution in [2.45, 2.75) is 45.4 Å². The maximum Gasteiger partial charge on any atom is 0.253 e. The Labute approximate surface area is 136 Å². The van der Waals surface area contributed by atoms with Gasteiger partial charge >= 0.3 is 0 Å². The van der Waals surface area contributed by atoms with Crippen LogP contribution in [0.25, 0.3) is 0 Å². The first kappa shape index (κ1) is 15.8. The van der Waals surface area contributed by atoms with Gasteiger partial charge in [-0.05, 0) is 41.9 Å². The molecular weight excluding hydrogens is 288 g/mol. The lowest BCUT2D eigenvalue weighted by Gasteiger charge is -2.26. The molecule has 0 radical (unpaired) electrons. The third-order valence-electron chi connectivity index (χ3n) is 4.72. The minimum absolute atomic E-state index is 0.0928. The third kappa shape index (κ3) is 3.16. The molecule has 0 bridgehead atoms. The SMILES string of the molecule is CC(C)(C)c1ccc(Nc2c(NCC3CCC3)c(=O)c2=O)cc1. The van der Waals surface area contributed by atoms with Crippen LogP contribution in [0.2, 0.25) is 0 Å². The van der Waals surface area contributed by atoms with Crippen molar-refractivity contribution in [3.05, 3.63) is 50.3 Å². The molecule has 2 aromatic carbocycles. The zero-order chi connectivity index (χ0) is 16.6. The van der Waals surface area contributed by atoms with E-state index >= 15 is 0 Å². The van der Waals surface area contributed by atoms with E-state index in [2.05, 4.69) is 43.5 Å². The maximum absolute atomic E-state index is 11.8. The van der Waals surface area contributed by atoms with Crippen LogP contribution in [0.4, 0.5) is 17.1 Å². The van der Waals surface area contributed by atoms with Gasteiger partial charge in [0.25, 0.3) is 10.9 Å². The molecule has 2 N–H and O–H groups in total. The second-order valence-corrected chi connectivity index (χ2v) is 7.54. The molecular formula is C19H24N2O2. The summed E-state index contributed by atoms with van der Waals surface area (Å²) in [7, 11) is 0. The number of nitrogens with one attached hydrogen (secondary N) is 2. The molecule has 0 atom stereocenters. The number of rotatable bonds is 5. The molecule has 4 heteroatoms. The predicted molar refractivity (Wildman–Crippen MR) is 95.6 cm³/mol. The van der Waals surface area contributed by atoms with Gasteiger partial charge < -0.3 is 10.6 Å². The maximum atomic E-state index is 11.8. The van der Waals surface area contributed by atoms with Gasteiger partial charge in [-0.2, -0.15) is 0 Å². The Morgan fingerprint density at radius 3 is 2.13 bits per heavy atom. The van der Waals surface area contributed by atoms with Gasteiger partial charge in [0.05, 0.1) is 0 Å². The Morgan fingerprint density at radius 2 is 1.61 bits per heavy atom. The predicted octanol–water partition coefficient (Wildman–Crippen LogP) is 3.54. The number of benzene rings is 1. The van der Waals surface area contributed by atoms with E-state index < -0.39 is 10.9 Å². The van der Waals surface area contributed by atoms with Gasteiger partial charge in [-0.15, -0.1) is 0 Å². The van der Waals surface area contributed by atoms with E-state index in [-0.39, 0.29) is 5.41 Å². The molecule has 0 aliphatic heterocycles. The second kappa shape index (κ2) is 5.84. The summed E-state index contributed by atoms with van der Waals surface area (Å²) < 4.78 is 0. The molecule has 0 spiro atoms.